The molecule has 2 saturated heterocycles. The van der Waals surface area contributed by atoms with Crippen molar-refractivity contribution in [2.24, 2.45) is 5.92 Å². The maximum atomic E-state index is 12.3. The van der Waals surface area contributed by atoms with Crippen LogP contribution in [0.25, 0.3) is 0 Å². The molecule has 3 rings (SSSR count). The van der Waals surface area contributed by atoms with Gasteiger partial charge in [-0.3, -0.25) is 14.7 Å². The number of amides is 1. The number of nitrogens with one attached hydrogen (secondary N) is 2. The van der Waals surface area contributed by atoms with Gasteiger partial charge in [0.25, 0.3) is 0 Å². The van der Waals surface area contributed by atoms with Gasteiger partial charge in [-0.05, 0) is 24.5 Å². The Morgan fingerprint density at radius 1 is 1.52 bits per heavy atom. The van der Waals surface area contributed by atoms with E-state index in [0.29, 0.717) is 19.1 Å². The minimum absolute atomic E-state index is 0.0692. The summed E-state index contributed by atoms with van der Waals surface area (Å²) in [5.41, 5.74) is 1.10. The molecule has 0 bridgehead atoms. The van der Waals surface area contributed by atoms with Gasteiger partial charge in [-0.15, -0.1) is 0 Å². The minimum atomic E-state index is -0.206. The largest absolute Gasteiger partial charge is 0.378 e. The van der Waals surface area contributed by atoms with Crippen LogP contribution in [0.5, 0.6) is 0 Å². The van der Waals surface area contributed by atoms with E-state index < -0.39 is 0 Å². The van der Waals surface area contributed by atoms with Gasteiger partial charge in [0.1, 0.15) is 6.04 Å². The average molecular weight is 318 g/mol. The van der Waals surface area contributed by atoms with Crippen molar-refractivity contribution in [2.45, 2.75) is 32.0 Å². The highest BCUT2D eigenvalue weighted by Gasteiger charge is 2.30. The molecule has 0 aliphatic carbocycles. The van der Waals surface area contributed by atoms with Crippen LogP contribution < -0.4 is 10.6 Å². The highest BCUT2D eigenvalue weighted by molar-refractivity contribution is 5.82. The molecule has 3 atom stereocenters. The van der Waals surface area contributed by atoms with Gasteiger partial charge in [0, 0.05) is 38.4 Å². The van der Waals surface area contributed by atoms with Crippen LogP contribution >= 0.6 is 0 Å². The van der Waals surface area contributed by atoms with Crippen molar-refractivity contribution in [1.82, 2.24) is 20.5 Å². The van der Waals surface area contributed by atoms with Crippen LogP contribution in [-0.4, -0.2) is 60.7 Å². The lowest BCUT2D eigenvalue weighted by Crippen LogP contribution is -2.56. The molecule has 0 spiro atoms. The summed E-state index contributed by atoms with van der Waals surface area (Å²) in [7, 11) is 0. The Labute approximate surface area is 137 Å². The number of nitrogens with zero attached hydrogens (tertiary/aromatic N) is 2. The van der Waals surface area contributed by atoms with Gasteiger partial charge < -0.3 is 15.4 Å². The van der Waals surface area contributed by atoms with Gasteiger partial charge in [0.05, 0.1) is 18.9 Å². The molecule has 2 aliphatic rings. The molecular weight excluding hydrogens is 292 g/mol. The van der Waals surface area contributed by atoms with E-state index in [1.54, 1.807) is 0 Å². The van der Waals surface area contributed by atoms with Gasteiger partial charge >= 0.3 is 0 Å². The molecule has 6 nitrogen and oxygen atoms in total. The number of pyridine rings is 1. The molecule has 2 fully saturated rings. The predicted molar refractivity (Wildman–Crippen MR) is 87.8 cm³/mol. The Morgan fingerprint density at radius 2 is 2.43 bits per heavy atom. The molecule has 23 heavy (non-hydrogen) atoms. The SMILES string of the molecule is CC1CN(Cc2ccccn2)CCC1NC(=O)C1COCCN1. The molecule has 2 aliphatic heterocycles. The molecule has 6 heteroatoms. The molecule has 1 amide bonds. The van der Waals surface area contributed by atoms with Crippen molar-refractivity contribution in [1.29, 1.82) is 0 Å². The van der Waals surface area contributed by atoms with Gasteiger partial charge in [-0.25, -0.2) is 0 Å². The summed E-state index contributed by atoms with van der Waals surface area (Å²) < 4.78 is 5.36. The molecule has 2 N–H and O–H groups in total. The van der Waals surface area contributed by atoms with E-state index in [-0.39, 0.29) is 18.0 Å². The molecule has 126 valence electrons. The number of likely N-dealkylation sites (tertiary alicyclic amines) is 1. The van der Waals surface area contributed by atoms with Crippen LogP contribution in [0.3, 0.4) is 0 Å². The van der Waals surface area contributed by atoms with Crippen LogP contribution in [0.4, 0.5) is 0 Å². The van der Waals surface area contributed by atoms with E-state index in [0.717, 1.165) is 38.3 Å². The van der Waals surface area contributed by atoms with E-state index in [9.17, 15) is 4.79 Å². The number of hydrogen-bond acceptors (Lipinski definition) is 5. The number of morpholine rings is 1. The molecular formula is C17H26N4O2. The number of ether oxygens (including phenoxy) is 1. The second-order valence-electron chi connectivity index (χ2n) is 6.52. The van der Waals surface area contributed by atoms with Gasteiger partial charge in [-0.2, -0.15) is 0 Å². The Balaban J connectivity index is 1.47. The third kappa shape index (κ3) is 4.50. The second-order valence-corrected chi connectivity index (χ2v) is 6.52. The first-order valence-corrected chi connectivity index (χ1v) is 8.46. The number of carbonyl (C=O) groups excluding carboxylic acids is 1. The molecule has 0 saturated carbocycles. The maximum Gasteiger partial charge on any atom is 0.239 e. The molecule has 1 aromatic rings. The smallest absolute Gasteiger partial charge is 0.239 e. The van der Waals surface area contributed by atoms with E-state index in [4.69, 9.17) is 4.74 Å². The first kappa shape index (κ1) is 16.4. The van der Waals surface area contributed by atoms with E-state index in [1.165, 1.54) is 0 Å². The number of piperidine rings is 1. The first-order chi connectivity index (χ1) is 11.2. The van der Waals surface area contributed by atoms with Crippen LogP contribution in [0, 0.1) is 5.92 Å². The summed E-state index contributed by atoms with van der Waals surface area (Å²) in [6.45, 7) is 6.96. The van der Waals surface area contributed by atoms with Crippen LogP contribution in [-0.2, 0) is 16.1 Å². The fourth-order valence-corrected chi connectivity index (χ4v) is 3.33. The Bertz CT molecular complexity index is 505. The van der Waals surface area contributed by atoms with Crippen molar-refractivity contribution in [2.75, 3.05) is 32.8 Å². The minimum Gasteiger partial charge on any atom is -0.378 e. The van der Waals surface area contributed by atoms with E-state index in [1.807, 2.05) is 18.3 Å². The highest BCUT2D eigenvalue weighted by Crippen LogP contribution is 2.18. The van der Waals surface area contributed by atoms with Crippen LogP contribution in [0.15, 0.2) is 24.4 Å². The third-order valence-corrected chi connectivity index (χ3v) is 4.67. The van der Waals surface area contributed by atoms with Gasteiger partial charge in [0.15, 0.2) is 0 Å². The van der Waals surface area contributed by atoms with Crippen molar-refractivity contribution >= 4 is 5.91 Å². The lowest BCUT2D eigenvalue weighted by molar-refractivity contribution is -0.127. The van der Waals surface area contributed by atoms with Crippen molar-refractivity contribution in [3.8, 4) is 0 Å². The summed E-state index contributed by atoms with van der Waals surface area (Å²) in [5.74, 6) is 0.501. The Kier molecular flexibility index (Phi) is 5.59. The van der Waals surface area contributed by atoms with Crippen LogP contribution in [0.1, 0.15) is 19.0 Å². The van der Waals surface area contributed by atoms with Crippen molar-refractivity contribution in [3.05, 3.63) is 30.1 Å². The van der Waals surface area contributed by atoms with Crippen LogP contribution in [0.2, 0.25) is 0 Å². The molecule has 3 unspecified atom stereocenters. The first-order valence-electron chi connectivity index (χ1n) is 8.46. The van der Waals surface area contributed by atoms with Crippen molar-refractivity contribution < 1.29 is 9.53 Å². The quantitative estimate of drug-likeness (QED) is 0.841. The summed E-state index contributed by atoms with van der Waals surface area (Å²) in [6, 6.07) is 6.07. The second kappa shape index (κ2) is 7.86. The number of rotatable bonds is 4. The number of hydrogen-bond donors (Lipinski definition) is 2. The fourth-order valence-electron chi connectivity index (χ4n) is 3.33. The van der Waals surface area contributed by atoms with Crippen molar-refractivity contribution in [3.63, 3.8) is 0 Å². The molecule has 1 aromatic heterocycles. The van der Waals surface area contributed by atoms with E-state index >= 15 is 0 Å². The lowest BCUT2D eigenvalue weighted by Gasteiger charge is -2.38. The zero-order chi connectivity index (χ0) is 16.1. The van der Waals surface area contributed by atoms with Gasteiger partial charge in [0.2, 0.25) is 5.91 Å². The normalized spacial score (nSPS) is 29.2. The number of carbonyl (C=O) groups is 1. The molecule has 0 radical (unpaired) electrons. The number of aromatic nitrogens is 1. The average Bonchev–Trinajstić information content (AvgIpc) is 2.59. The fraction of sp³-hybridized carbons (Fsp3) is 0.647. The zero-order valence-electron chi connectivity index (χ0n) is 13.7. The Hall–Kier alpha value is -1.50. The van der Waals surface area contributed by atoms with E-state index in [2.05, 4.69) is 33.5 Å². The topological polar surface area (TPSA) is 66.5 Å². The zero-order valence-corrected chi connectivity index (χ0v) is 13.7. The molecule has 0 aromatic carbocycles. The Morgan fingerprint density at radius 3 is 3.13 bits per heavy atom. The standard InChI is InChI=1S/C17H26N4O2/c1-13-10-21(11-14-4-2-3-6-18-14)8-5-15(13)20-17(22)16-12-23-9-7-19-16/h2-4,6,13,15-16,19H,5,7-12H2,1H3,(H,20,22). The summed E-state index contributed by atoms with van der Waals surface area (Å²) >= 11 is 0. The monoisotopic (exact) mass is 318 g/mol. The third-order valence-electron chi connectivity index (χ3n) is 4.67. The maximum absolute atomic E-state index is 12.3. The molecule has 3 heterocycles. The lowest BCUT2D eigenvalue weighted by atomic mass is 9.93. The highest BCUT2D eigenvalue weighted by atomic mass is 16.5. The summed E-state index contributed by atoms with van der Waals surface area (Å²) in [6.07, 6.45) is 2.82. The summed E-state index contributed by atoms with van der Waals surface area (Å²) in [5, 5.41) is 6.41. The van der Waals surface area contributed by atoms with Gasteiger partial charge in [-0.1, -0.05) is 13.0 Å². The summed E-state index contributed by atoms with van der Waals surface area (Å²) in [4.78, 5) is 19.1. The predicted octanol–water partition coefficient (Wildman–Crippen LogP) is 0.397.